The summed E-state index contributed by atoms with van der Waals surface area (Å²) in [6, 6.07) is 9.14. The minimum atomic E-state index is -0.479. The highest BCUT2D eigenvalue weighted by Crippen LogP contribution is 1.99. The van der Waals surface area contributed by atoms with E-state index in [1.165, 1.54) is 12.5 Å². The first-order chi connectivity index (χ1) is 6.70. The van der Waals surface area contributed by atoms with Crippen LogP contribution in [0.2, 0.25) is 0 Å². The summed E-state index contributed by atoms with van der Waals surface area (Å²) in [5.41, 5.74) is 0.837. The third kappa shape index (κ3) is 7.03. The van der Waals surface area contributed by atoms with Crippen LogP contribution in [0, 0.1) is 10.1 Å². The minimum Gasteiger partial charge on any atom is -0.259 e. The lowest BCUT2D eigenvalue weighted by Crippen LogP contribution is -1.81. The molecule has 0 aliphatic rings. The standard InChI is InChI=1S/C8H7NO2.C3H8/c10-9(11)7-6-8-4-2-1-3-5-8;1-3-2/h1-7H;3H2,1-2H3/b7-6+;. The van der Waals surface area contributed by atoms with Gasteiger partial charge in [0.05, 0.1) is 4.92 Å². The van der Waals surface area contributed by atoms with E-state index in [0.29, 0.717) is 0 Å². The van der Waals surface area contributed by atoms with Crippen molar-refractivity contribution < 1.29 is 4.92 Å². The van der Waals surface area contributed by atoms with Crippen LogP contribution in [0.25, 0.3) is 6.08 Å². The number of nitro groups is 1. The zero-order valence-electron chi connectivity index (χ0n) is 8.51. The first-order valence-corrected chi connectivity index (χ1v) is 4.57. The van der Waals surface area contributed by atoms with Gasteiger partial charge in [-0.2, -0.15) is 0 Å². The molecule has 1 aromatic rings. The van der Waals surface area contributed by atoms with Crippen LogP contribution in [0.3, 0.4) is 0 Å². The maximum atomic E-state index is 9.89. The molecule has 14 heavy (non-hydrogen) atoms. The number of nitrogens with zero attached hydrogens (tertiary/aromatic N) is 1. The van der Waals surface area contributed by atoms with Gasteiger partial charge < -0.3 is 0 Å². The third-order valence-corrected chi connectivity index (χ3v) is 1.19. The monoisotopic (exact) mass is 193 g/mol. The Morgan fingerprint density at radius 3 is 2.21 bits per heavy atom. The zero-order valence-corrected chi connectivity index (χ0v) is 8.51. The Hall–Kier alpha value is -1.64. The van der Waals surface area contributed by atoms with E-state index in [4.69, 9.17) is 0 Å². The summed E-state index contributed by atoms with van der Waals surface area (Å²) in [7, 11) is 0. The number of hydrogen-bond acceptors (Lipinski definition) is 2. The topological polar surface area (TPSA) is 43.1 Å². The van der Waals surface area contributed by atoms with Gasteiger partial charge in [-0.3, -0.25) is 10.1 Å². The normalized spacial score (nSPS) is 9.29. The van der Waals surface area contributed by atoms with Crippen molar-refractivity contribution in [2.75, 3.05) is 0 Å². The molecule has 0 radical (unpaired) electrons. The molecule has 0 unspecified atom stereocenters. The molecule has 76 valence electrons. The van der Waals surface area contributed by atoms with E-state index in [2.05, 4.69) is 13.8 Å². The maximum Gasteiger partial charge on any atom is 0.235 e. The van der Waals surface area contributed by atoms with Crippen molar-refractivity contribution in [2.45, 2.75) is 20.3 Å². The van der Waals surface area contributed by atoms with Crippen LogP contribution in [-0.2, 0) is 0 Å². The van der Waals surface area contributed by atoms with E-state index in [1.54, 1.807) is 12.1 Å². The molecule has 1 rings (SSSR count). The highest BCUT2D eigenvalue weighted by atomic mass is 16.6. The Kier molecular flexibility index (Phi) is 7.05. The van der Waals surface area contributed by atoms with Crippen molar-refractivity contribution in [3.8, 4) is 0 Å². The lowest BCUT2D eigenvalue weighted by Gasteiger charge is -1.86. The predicted octanol–water partition coefficient (Wildman–Crippen LogP) is 3.35. The van der Waals surface area contributed by atoms with E-state index in [1.807, 2.05) is 18.2 Å². The molecule has 1 aromatic carbocycles. The van der Waals surface area contributed by atoms with Crippen molar-refractivity contribution in [3.05, 3.63) is 52.2 Å². The lowest BCUT2D eigenvalue weighted by molar-refractivity contribution is -0.400. The Morgan fingerprint density at radius 1 is 1.29 bits per heavy atom. The molecule has 0 fully saturated rings. The average Bonchev–Trinajstić information content (AvgIpc) is 2.18. The summed E-state index contributed by atoms with van der Waals surface area (Å²) in [6.45, 7) is 4.25. The van der Waals surface area contributed by atoms with E-state index >= 15 is 0 Å². The second kappa shape index (κ2) is 7.98. The van der Waals surface area contributed by atoms with Gasteiger partial charge in [0.2, 0.25) is 6.20 Å². The van der Waals surface area contributed by atoms with Crippen LogP contribution in [0.5, 0.6) is 0 Å². The molecule has 0 heterocycles. The van der Waals surface area contributed by atoms with Gasteiger partial charge in [0.25, 0.3) is 0 Å². The van der Waals surface area contributed by atoms with Crippen molar-refractivity contribution in [1.29, 1.82) is 0 Å². The van der Waals surface area contributed by atoms with Crippen molar-refractivity contribution in [2.24, 2.45) is 0 Å². The molecule has 0 atom stereocenters. The molecule has 3 heteroatoms. The minimum absolute atomic E-state index is 0.479. The molecule has 0 amide bonds. The smallest absolute Gasteiger partial charge is 0.235 e. The third-order valence-electron chi connectivity index (χ3n) is 1.19. The number of rotatable bonds is 2. The summed E-state index contributed by atoms with van der Waals surface area (Å²) in [5.74, 6) is 0. The maximum absolute atomic E-state index is 9.89. The van der Waals surface area contributed by atoms with Crippen molar-refractivity contribution >= 4 is 6.08 Å². The van der Waals surface area contributed by atoms with Gasteiger partial charge >= 0.3 is 0 Å². The highest BCUT2D eigenvalue weighted by molar-refractivity contribution is 5.47. The molecule has 3 nitrogen and oxygen atoms in total. The van der Waals surface area contributed by atoms with E-state index in [9.17, 15) is 10.1 Å². The summed E-state index contributed by atoms with van der Waals surface area (Å²) in [5, 5.41) is 9.89. The first kappa shape index (κ1) is 12.4. The van der Waals surface area contributed by atoms with Crippen molar-refractivity contribution in [1.82, 2.24) is 0 Å². The van der Waals surface area contributed by atoms with E-state index < -0.39 is 4.92 Å². The van der Waals surface area contributed by atoms with Gasteiger partial charge in [0.15, 0.2) is 0 Å². The zero-order chi connectivity index (χ0) is 10.8. The van der Waals surface area contributed by atoms with Crippen LogP contribution in [-0.4, -0.2) is 4.92 Å². The fourth-order valence-corrected chi connectivity index (χ4v) is 0.711. The quantitative estimate of drug-likeness (QED) is 0.534. The van der Waals surface area contributed by atoms with Gasteiger partial charge in [-0.25, -0.2) is 0 Å². The summed E-state index contributed by atoms with van der Waals surface area (Å²) >= 11 is 0. The van der Waals surface area contributed by atoms with Crippen LogP contribution in [0.4, 0.5) is 0 Å². The lowest BCUT2D eigenvalue weighted by atomic mass is 10.2. The molecule has 0 N–H and O–H groups in total. The molecule has 0 saturated carbocycles. The van der Waals surface area contributed by atoms with Gasteiger partial charge in [-0.05, 0) is 5.56 Å². The van der Waals surface area contributed by atoms with Gasteiger partial charge in [0, 0.05) is 6.08 Å². The SMILES string of the molecule is CCC.O=[N+]([O-])/C=C/c1ccccc1. The highest BCUT2D eigenvalue weighted by Gasteiger charge is 1.86. The Labute approximate surface area is 84.2 Å². The van der Waals surface area contributed by atoms with Crippen molar-refractivity contribution in [3.63, 3.8) is 0 Å². The van der Waals surface area contributed by atoms with E-state index in [0.717, 1.165) is 11.8 Å². The molecule has 0 bridgehead atoms. The molecular formula is C11H15NO2. The molecule has 0 saturated heterocycles. The molecule has 0 spiro atoms. The summed E-state index contributed by atoms with van der Waals surface area (Å²) in [4.78, 5) is 9.41. The Morgan fingerprint density at radius 2 is 1.79 bits per heavy atom. The predicted molar refractivity (Wildman–Crippen MR) is 58.4 cm³/mol. The molecule has 0 aliphatic heterocycles. The fourth-order valence-electron chi connectivity index (χ4n) is 0.711. The van der Waals surface area contributed by atoms with Crippen LogP contribution in [0.1, 0.15) is 25.8 Å². The fraction of sp³-hybridized carbons (Fsp3) is 0.273. The van der Waals surface area contributed by atoms with Crippen LogP contribution in [0.15, 0.2) is 36.5 Å². The van der Waals surface area contributed by atoms with Gasteiger partial charge in [-0.1, -0.05) is 50.6 Å². The molecular weight excluding hydrogens is 178 g/mol. The van der Waals surface area contributed by atoms with Crippen LogP contribution < -0.4 is 0 Å². The average molecular weight is 193 g/mol. The largest absolute Gasteiger partial charge is 0.259 e. The number of benzene rings is 1. The summed E-state index contributed by atoms with van der Waals surface area (Å²) in [6.07, 6.45) is 3.63. The summed E-state index contributed by atoms with van der Waals surface area (Å²) < 4.78 is 0. The second-order valence-electron chi connectivity index (χ2n) is 2.72. The van der Waals surface area contributed by atoms with Gasteiger partial charge in [0.1, 0.15) is 0 Å². The van der Waals surface area contributed by atoms with Crippen LogP contribution >= 0.6 is 0 Å². The first-order valence-electron chi connectivity index (χ1n) is 4.57. The molecule has 0 aromatic heterocycles. The van der Waals surface area contributed by atoms with Gasteiger partial charge in [-0.15, -0.1) is 0 Å². The second-order valence-corrected chi connectivity index (χ2v) is 2.72. The Balaban J connectivity index is 0.000000500. The van der Waals surface area contributed by atoms with E-state index in [-0.39, 0.29) is 0 Å². The molecule has 0 aliphatic carbocycles. The Bertz CT molecular complexity index is 281. The number of hydrogen-bond donors (Lipinski definition) is 0.